The van der Waals surface area contributed by atoms with Crippen LogP contribution in [0.25, 0.3) is 0 Å². The van der Waals surface area contributed by atoms with Gasteiger partial charge in [0.05, 0.1) is 27.4 Å². The molecule has 0 atom stereocenters. The van der Waals surface area contributed by atoms with E-state index in [0.29, 0.717) is 22.0 Å². The summed E-state index contributed by atoms with van der Waals surface area (Å²) in [6.07, 6.45) is 1.42. The zero-order chi connectivity index (χ0) is 23.8. The molecule has 0 spiro atoms. The Balaban J connectivity index is 1.52. The number of hydrogen-bond acceptors (Lipinski definition) is 6. The van der Waals surface area contributed by atoms with Crippen LogP contribution in [0, 0.1) is 17.0 Å². The molecule has 3 aromatic carbocycles. The number of halogens is 1. The van der Waals surface area contributed by atoms with E-state index in [4.69, 9.17) is 16.3 Å². The number of nitrogens with zero attached hydrogens (tertiary/aromatic N) is 2. The van der Waals surface area contributed by atoms with Crippen molar-refractivity contribution in [2.24, 2.45) is 5.10 Å². The van der Waals surface area contributed by atoms with Crippen molar-refractivity contribution >= 4 is 41.0 Å². The van der Waals surface area contributed by atoms with Gasteiger partial charge in [-0.3, -0.25) is 19.7 Å². The van der Waals surface area contributed by atoms with Crippen molar-refractivity contribution in [1.82, 2.24) is 5.43 Å². The van der Waals surface area contributed by atoms with Crippen LogP contribution in [0.1, 0.15) is 21.5 Å². The minimum Gasteiger partial charge on any atom is -0.484 e. The summed E-state index contributed by atoms with van der Waals surface area (Å²) in [6, 6.07) is 17.8. The first-order valence-corrected chi connectivity index (χ1v) is 10.1. The number of nitro groups is 1. The van der Waals surface area contributed by atoms with Gasteiger partial charge < -0.3 is 10.1 Å². The third kappa shape index (κ3) is 6.37. The smallest absolute Gasteiger partial charge is 0.273 e. The molecule has 0 aliphatic carbocycles. The third-order valence-electron chi connectivity index (χ3n) is 4.52. The summed E-state index contributed by atoms with van der Waals surface area (Å²) in [7, 11) is 0. The quantitative estimate of drug-likeness (QED) is 0.290. The van der Waals surface area contributed by atoms with Crippen molar-refractivity contribution in [2.75, 3.05) is 11.9 Å². The summed E-state index contributed by atoms with van der Waals surface area (Å²) < 4.78 is 5.45. The van der Waals surface area contributed by atoms with Gasteiger partial charge >= 0.3 is 0 Å². The first-order valence-electron chi connectivity index (χ1n) is 9.70. The highest BCUT2D eigenvalue weighted by Crippen LogP contribution is 2.21. The number of nitro benzene ring substituents is 1. The van der Waals surface area contributed by atoms with Crippen LogP contribution in [-0.4, -0.2) is 29.6 Å². The third-order valence-corrected chi connectivity index (χ3v) is 4.85. The van der Waals surface area contributed by atoms with E-state index in [-0.39, 0.29) is 29.3 Å². The van der Waals surface area contributed by atoms with Crippen molar-refractivity contribution < 1.29 is 19.2 Å². The Kier molecular flexibility index (Phi) is 7.72. The molecule has 0 aliphatic heterocycles. The molecule has 168 valence electrons. The number of nitrogens with one attached hydrogen (secondary N) is 2. The predicted octanol–water partition coefficient (Wildman–Crippen LogP) is 4.34. The number of benzene rings is 3. The highest BCUT2D eigenvalue weighted by Gasteiger charge is 2.17. The van der Waals surface area contributed by atoms with Crippen molar-refractivity contribution in [3.8, 4) is 5.75 Å². The molecule has 2 amide bonds. The summed E-state index contributed by atoms with van der Waals surface area (Å²) in [5.74, 6) is -0.442. The van der Waals surface area contributed by atoms with Crippen LogP contribution in [0.15, 0.2) is 71.8 Å². The number of ether oxygens (including phenoxy) is 1. The predicted molar refractivity (Wildman–Crippen MR) is 125 cm³/mol. The maximum atomic E-state index is 12.3. The number of hydrazone groups is 1. The summed E-state index contributed by atoms with van der Waals surface area (Å²) >= 11 is 6.00. The second kappa shape index (κ2) is 10.9. The molecule has 0 heterocycles. The van der Waals surface area contributed by atoms with Crippen molar-refractivity contribution in [1.29, 1.82) is 0 Å². The lowest BCUT2D eigenvalue weighted by molar-refractivity contribution is -0.385. The van der Waals surface area contributed by atoms with Crippen molar-refractivity contribution in [2.45, 2.75) is 6.92 Å². The summed E-state index contributed by atoms with van der Waals surface area (Å²) in [5.41, 5.74) is 3.81. The Labute approximate surface area is 194 Å². The zero-order valence-corrected chi connectivity index (χ0v) is 18.2. The Morgan fingerprint density at radius 3 is 2.52 bits per heavy atom. The van der Waals surface area contributed by atoms with Gasteiger partial charge in [-0.25, -0.2) is 5.43 Å². The van der Waals surface area contributed by atoms with Crippen LogP contribution in [0.3, 0.4) is 0 Å². The molecular weight excluding hydrogens is 448 g/mol. The molecule has 0 aromatic heterocycles. The van der Waals surface area contributed by atoms with Crippen LogP contribution in [-0.2, 0) is 4.79 Å². The number of carbonyl (C=O) groups excluding carboxylic acids is 2. The van der Waals surface area contributed by atoms with Crippen molar-refractivity contribution in [3.05, 3.63) is 98.6 Å². The van der Waals surface area contributed by atoms with E-state index in [2.05, 4.69) is 15.8 Å². The molecule has 0 saturated heterocycles. The fourth-order valence-electron chi connectivity index (χ4n) is 2.84. The van der Waals surface area contributed by atoms with Crippen LogP contribution in [0.2, 0.25) is 5.02 Å². The van der Waals surface area contributed by atoms with Gasteiger partial charge in [-0.05, 0) is 55.0 Å². The molecule has 0 unspecified atom stereocenters. The molecule has 0 aliphatic rings. The van der Waals surface area contributed by atoms with Gasteiger partial charge in [-0.1, -0.05) is 29.8 Å². The van der Waals surface area contributed by atoms with Crippen LogP contribution in [0.4, 0.5) is 11.4 Å². The highest BCUT2D eigenvalue weighted by atomic mass is 35.5. The van der Waals surface area contributed by atoms with E-state index < -0.39 is 10.8 Å². The highest BCUT2D eigenvalue weighted by molar-refractivity contribution is 6.33. The lowest BCUT2D eigenvalue weighted by Crippen LogP contribution is -2.20. The lowest BCUT2D eigenvalue weighted by atomic mass is 10.1. The average molecular weight is 467 g/mol. The summed E-state index contributed by atoms with van der Waals surface area (Å²) in [4.78, 5) is 34.8. The number of para-hydroxylation sites is 1. The van der Waals surface area contributed by atoms with Crippen LogP contribution < -0.4 is 15.5 Å². The van der Waals surface area contributed by atoms with E-state index >= 15 is 0 Å². The van der Waals surface area contributed by atoms with Gasteiger partial charge in [0, 0.05) is 11.6 Å². The Hall–Kier alpha value is -4.24. The maximum Gasteiger partial charge on any atom is 0.273 e. The minimum atomic E-state index is -0.558. The van der Waals surface area contributed by atoms with Gasteiger partial charge in [-0.15, -0.1) is 0 Å². The van der Waals surface area contributed by atoms with Crippen LogP contribution in [0.5, 0.6) is 5.75 Å². The molecule has 0 saturated carbocycles. The van der Waals surface area contributed by atoms with E-state index in [1.807, 2.05) is 0 Å². The lowest BCUT2D eigenvalue weighted by Gasteiger charge is -2.08. The maximum absolute atomic E-state index is 12.3. The van der Waals surface area contributed by atoms with E-state index in [1.54, 1.807) is 48.5 Å². The van der Waals surface area contributed by atoms with Crippen LogP contribution >= 0.6 is 11.6 Å². The van der Waals surface area contributed by atoms with Crippen molar-refractivity contribution in [3.63, 3.8) is 0 Å². The normalized spacial score (nSPS) is 10.6. The number of rotatable bonds is 8. The molecule has 9 nitrogen and oxygen atoms in total. The van der Waals surface area contributed by atoms with Gasteiger partial charge in [0.2, 0.25) is 0 Å². The molecule has 0 radical (unpaired) electrons. The van der Waals surface area contributed by atoms with Gasteiger partial charge in [0.25, 0.3) is 17.5 Å². The average Bonchev–Trinajstić information content (AvgIpc) is 2.80. The number of hydrogen-bond donors (Lipinski definition) is 2. The van der Waals surface area contributed by atoms with E-state index in [0.717, 1.165) is 0 Å². The first-order chi connectivity index (χ1) is 15.8. The molecule has 0 bridgehead atoms. The Morgan fingerprint density at radius 1 is 1.09 bits per heavy atom. The van der Waals surface area contributed by atoms with Gasteiger partial charge in [-0.2, -0.15) is 5.10 Å². The van der Waals surface area contributed by atoms with E-state index in [1.165, 1.54) is 31.3 Å². The molecule has 33 heavy (non-hydrogen) atoms. The number of amides is 2. The monoisotopic (exact) mass is 466 g/mol. The summed E-state index contributed by atoms with van der Waals surface area (Å²) in [5, 5.41) is 18.0. The Morgan fingerprint density at radius 2 is 1.82 bits per heavy atom. The molecule has 3 aromatic rings. The molecule has 3 rings (SSSR count). The second-order valence-corrected chi connectivity index (χ2v) is 7.20. The minimum absolute atomic E-state index is 0.136. The second-order valence-electron chi connectivity index (χ2n) is 6.79. The van der Waals surface area contributed by atoms with Gasteiger partial charge in [0.15, 0.2) is 6.61 Å². The summed E-state index contributed by atoms with van der Waals surface area (Å²) in [6.45, 7) is 1.31. The number of carbonyl (C=O) groups is 2. The fraction of sp³-hybridized carbons (Fsp3) is 0.0870. The van der Waals surface area contributed by atoms with Gasteiger partial charge in [0.1, 0.15) is 5.75 Å². The molecule has 0 fully saturated rings. The zero-order valence-electron chi connectivity index (χ0n) is 17.4. The standard InChI is InChI=1S/C23H19ClN4O5/c1-15-18(5-4-8-21(15)28(31)32)23(30)27-25-13-16-9-11-17(12-10-16)33-14-22(29)26-20-7-3-2-6-19(20)24/h2-13H,14H2,1H3,(H,26,29)(H,27,30)/b25-13-. The fourth-order valence-corrected chi connectivity index (χ4v) is 3.02. The number of anilines is 1. The Bertz CT molecular complexity index is 1210. The molecular formula is C23H19ClN4O5. The first kappa shape index (κ1) is 23.4. The SMILES string of the molecule is Cc1c(C(=O)N/N=C\c2ccc(OCC(=O)Nc3ccccc3Cl)cc2)cccc1[N+](=O)[O-]. The largest absolute Gasteiger partial charge is 0.484 e. The van der Waals surface area contributed by atoms with E-state index in [9.17, 15) is 19.7 Å². The molecule has 2 N–H and O–H groups in total. The molecule has 10 heteroatoms. The topological polar surface area (TPSA) is 123 Å².